The molecule has 0 saturated carbocycles. The number of nitrogens with zero attached hydrogens (tertiary/aromatic N) is 5. The van der Waals surface area contributed by atoms with Crippen molar-refractivity contribution in [1.82, 2.24) is 14.9 Å². The Balaban J connectivity index is 1.40. The van der Waals surface area contributed by atoms with Crippen LogP contribution in [0, 0.1) is 13.8 Å². The number of piperazine rings is 1. The molecule has 2 aromatic heterocycles. The van der Waals surface area contributed by atoms with E-state index in [0.29, 0.717) is 31.1 Å². The first kappa shape index (κ1) is 20.1. The van der Waals surface area contributed by atoms with Crippen molar-refractivity contribution < 1.29 is 14.3 Å². The van der Waals surface area contributed by atoms with E-state index in [0.717, 1.165) is 36.5 Å². The molecule has 2 amide bonds. The highest BCUT2D eigenvalue weighted by atomic mass is 16.6. The summed E-state index contributed by atoms with van der Waals surface area (Å²) < 4.78 is 5.12. The average molecular weight is 409 g/mol. The second-order valence-corrected chi connectivity index (χ2v) is 7.85. The van der Waals surface area contributed by atoms with Crippen molar-refractivity contribution in [3.05, 3.63) is 47.3 Å². The zero-order valence-corrected chi connectivity index (χ0v) is 17.7. The number of carbonyl (C=O) groups excluding carboxylic acids is 2. The zero-order chi connectivity index (χ0) is 21.3. The van der Waals surface area contributed by atoms with Crippen molar-refractivity contribution in [2.75, 3.05) is 42.6 Å². The predicted octanol–water partition coefficient (Wildman–Crippen LogP) is 2.79. The fourth-order valence-corrected chi connectivity index (χ4v) is 4.04. The summed E-state index contributed by atoms with van der Waals surface area (Å²) in [6.07, 6.45) is 3.83. The Labute approximate surface area is 176 Å². The summed E-state index contributed by atoms with van der Waals surface area (Å²) in [7, 11) is 0. The topological polar surface area (TPSA) is 78.9 Å². The van der Waals surface area contributed by atoms with E-state index >= 15 is 0 Å². The minimum atomic E-state index is -0.385. The van der Waals surface area contributed by atoms with Crippen molar-refractivity contribution in [3.63, 3.8) is 0 Å². The van der Waals surface area contributed by atoms with Crippen molar-refractivity contribution in [2.45, 2.75) is 33.2 Å². The SMILES string of the molecule is CC[C@@H]1COC(=O)N1c1ccc(C(=O)N2CCN(c3ncc(C)cc3C)CC2)cn1. The minimum absolute atomic E-state index is 0.0153. The standard InChI is InChI=1S/C22H27N5O3/c1-4-18-14-30-22(29)27(18)19-6-5-17(13-23-19)21(28)26-9-7-25(8-10-26)20-16(3)11-15(2)12-24-20/h5-6,11-13,18H,4,7-10,14H2,1-3H3/t18-/m1/s1. The maximum atomic E-state index is 12.9. The van der Waals surface area contributed by atoms with E-state index in [2.05, 4.69) is 27.9 Å². The smallest absolute Gasteiger partial charge is 0.415 e. The fourth-order valence-electron chi connectivity index (χ4n) is 4.04. The molecule has 158 valence electrons. The van der Waals surface area contributed by atoms with Gasteiger partial charge in [-0.05, 0) is 43.5 Å². The second kappa shape index (κ2) is 8.30. The van der Waals surface area contributed by atoms with Gasteiger partial charge in [0.15, 0.2) is 0 Å². The maximum absolute atomic E-state index is 12.9. The molecular formula is C22H27N5O3. The summed E-state index contributed by atoms with van der Waals surface area (Å²) in [5, 5.41) is 0. The highest BCUT2D eigenvalue weighted by Gasteiger charge is 2.34. The predicted molar refractivity (Wildman–Crippen MR) is 114 cm³/mol. The summed E-state index contributed by atoms with van der Waals surface area (Å²) in [4.78, 5) is 39.5. The van der Waals surface area contributed by atoms with Gasteiger partial charge in [-0.3, -0.25) is 9.69 Å². The number of hydrogen-bond acceptors (Lipinski definition) is 6. The Hall–Kier alpha value is -3.16. The minimum Gasteiger partial charge on any atom is -0.447 e. The largest absolute Gasteiger partial charge is 0.447 e. The van der Waals surface area contributed by atoms with E-state index < -0.39 is 0 Å². The number of aryl methyl sites for hydroxylation is 2. The number of pyridine rings is 2. The molecule has 0 N–H and O–H groups in total. The number of amides is 2. The van der Waals surface area contributed by atoms with Crippen LogP contribution in [-0.4, -0.2) is 65.7 Å². The lowest BCUT2D eigenvalue weighted by atomic mass is 10.1. The Morgan fingerprint density at radius 1 is 1.13 bits per heavy atom. The zero-order valence-electron chi connectivity index (χ0n) is 17.7. The highest BCUT2D eigenvalue weighted by molar-refractivity contribution is 5.95. The molecule has 8 nitrogen and oxygen atoms in total. The molecule has 30 heavy (non-hydrogen) atoms. The van der Waals surface area contributed by atoms with E-state index in [1.807, 2.05) is 24.9 Å². The molecule has 2 fully saturated rings. The third-order valence-electron chi connectivity index (χ3n) is 5.73. The molecule has 2 aliphatic rings. The summed E-state index contributed by atoms with van der Waals surface area (Å²) in [5.41, 5.74) is 2.83. The second-order valence-electron chi connectivity index (χ2n) is 7.85. The molecule has 2 aliphatic heterocycles. The van der Waals surface area contributed by atoms with E-state index in [4.69, 9.17) is 4.74 Å². The molecule has 2 aromatic rings. The van der Waals surface area contributed by atoms with E-state index in [-0.39, 0.29) is 18.0 Å². The molecule has 0 aromatic carbocycles. The van der Waals surface area contributed by atoms with Crippen LogP contribution < -0.4 is 9.80 Å². The van der Waals surface area contributed by atoms with Gasteiger partial charge in [0, 0.05) is 38.6 Å². The van der Waals surface area contributed by atoms with Crippen LogP contribution in [0.15, 0.2) is 30.6 Å². The number of rotatable bonds is 4. The molecule has 0 spiro atoms. The lowest BCUT2D eigenvalue weighted by Crippen LogP contribution is -2.49. The number of cyclic esters (lactones) is 1. The van der Waals surface area contributed by atoms with Crippen LogP contribution in [0.25, 0.3) is 0 Å². The van der Waals surface area contributed by atoms with Gasteiger partial charge in [0.05, 0.1) is 11.6 Å². The number of anilines is 2. The Morgan fingerprint density at radius 3 is 2.53 bits per heavy atom. The highest BCUT2D eigenvalue weighted by Crippen LogP contribution is 2.24. The maximum Gasteiger partial charge on any atom is 0.415 e. The molecular weight excluding hydrogens is 382 g/mol. The van der Waals surface area contributed by atoms with Crippen molar-refractivity contribution in [3.8, 4) is 0 Å². The molecule has 0 radical (unpaired) electrons. The molecule has 1 atom stereocenters. The van der Waals surface area contributed by atoms with Crippen LogP contribution in [0.3, 0.4) is 0 Å². The summed E-state index contributed by atoms with van der Waals surface area (Å²) in [6.45, 7) is 9.23. The molecule has 0 aliphatic carbocycles. The lowest BCUT2D eigenvalue weighted by Gasteiger charge is -2.36. The third-order valence-corrected chi connectivity index (χ3v) is 5.73. The van der Waals surface area contributed by atoms with E-state index in [1.54, 1.807) is 23.2 Å². The fraction of sp³-hybridized carbons (Fsp3) is 0.455. The molecule has 2 saturated heterocycles. The van der Waals surface area contributed by atoms with Crippen LogP contribution in [0.4, 0.5) is 16.4 Å². The van der Waals surface area contributed by atoms with Crippen LogP contribution in [0.5, 0.6) is 0 Å². The van der Waals surface area contributed by atoms with Crippen LogP contribution >= 0.6 is 0 Å². The molecule has 0 bridgehead atoms. The van der Waals surface area contributed by atoms with E-state index in [1.165, 1.54) is 0 Å². The first-order chi connectivity index (χ1) is 14.5. The molecule has 4 rings (SSSR count). The van der Waals surface area contributed by atoms with Crippen molar-refractivity contribution >= 4 is 23.6 Å². The van der Waals surface area contributed by atoms with Crippen molar-refractivity contribution in [2.24, 2.45) is 0 Å². The van der Waals surface area contributed by atoms with Gasteiger partial charge < -0.3 is 14.5 Å². The van der Waals surface area contributed by atoms with Crippen LogP contribution in [0.1, 0.15) is 34.8 Å². The molecule has 8 heteroatoms. The van der Waals surface area contributed by atoms with Crippen molar-refractivity contribution in [1.29, 1.82) is 0 Å². The van der Waals surface area contributed by atoms with E-state index in [9.17, 15) is 9.59 Å². The van der Waals surface area contributed by atoms with Gasteiger partial charge in [-0.2, -0.15) is 0 Å². The van der Waals surface area contributed by atoms with Gasteiger partial charge in [-0.1, -0.05) is 13.0 Å². The average Bonchev–Trinajstić information content (AvgIpc) is 3.14. The lowest BCUT2D eigenvalue weighted by molar-refractivity contribution is 0.0746. The van der Waals surface area contributed by atoms with Crippen LogP contribution in [-0.2, 0) is 4.74 Å². The first-order valence-corrected chi connectivity index (χ1v) is 10.4. The number of carbonyl (C=O) groups is 2. The summed E-state index contributed by atoms with van der Waals surface area (Å²) in [5.74, 6) is 1.46. The van der Waals surface area contributed by atoms with Gasteiger partial charge in [0.1, 0.15) is 18.2 Å². The number of ether oxygens (including phenoxy) is 1. The summed E-state index contributed by atoms with van der Waals surface area (Å²) in [6, 6.07) is 5.57. The van der Waals surface area contributed by atoms with Gasteiger partial charge >= 0.3 is 6.09 Å². The van der Waals surface area contributed by atoms with Crippen LogP contribution in [0.2, 0.25) is 0 Å². The van der Waals surface area contributed by atoms with Gasteiger partial charge in [0.25, 0.3) is 5.91 Å². The Morgan fingerprint density at radius 2 is 1.90 bits per heavy atom. The van der Waals surface area contributed by atoms with Gasteiger partial charge in [0.2, 0.25) is 0 Å². The number of aromatic nitrogens is 2. The first-order valence-electron chi connectivity index (χ1n) is 10.4. The molecule has 0 unspecified atom stereocenters. The summed E-state index contributed by atoms with van der Waals surface area (Å²) >= 11 is 0. The monoisotopic (exact) mass is 409 g/mol. The molecule has 4 heterocycles. The number of hydrogen-bond donors (Lipinski definition) is 0. The Kier molecular flexibility index (Phi) is 5.57. The van der Waals surface area contributed by atoms with Gasteiger partial charge in [-0.15, -0.1) is 0 Å². The normalized spacial score (nSPS) is 19.2. The van der Waals surface area contributed by atoms with Gasteiger partial charge in [-0.25, -0.2) is 14.8 Å². The third kappa shape index (κ3) is 3.81. The Bertz CT molecular complexity index is 938. The quantitative estimate of drug-likeness (QED) is 0.773.